The SMILES string of the molecule is COC(C)(C)C.O=CCCCCCCCCCOc1cc(/C=C/c2ccc(N(c3ccccc3)c3ccccc3)cc2)ccc1C=O. The molecule has 4 aromatic carbocycles. The summed E-state index contributed by atoms with van der Waals surface area (Å²) >= 11 is 0. The van der Waals surface area contributed by atoms with Gasteiger partial charge in [-0.05, 0) is 93.3 Å². The Hall–Kier alpha value is -4.48. The molecule has 0 aliphatic heterocycles. The number of carbonyl (C=O) groups excluding carboxylic acids is 2. The monoisotopic (exact) mass is 633 g/mol. The smallest absolute Gasteiger partial charge is 0.153 e. The van der Waals surface area contributed by atoms with Gasteiger partial charge in [-0.25, -0.2) is 0 Å². The van der Waals surface area contributed by atoms with Gasteiger partial charge in [0, 0.05) is 30.6 Å². The topological polar surface area (TPSA) is 55.8 Å². The number of rotatable bonds is 17. The Morgan fingerprint density at radius 1 is 0.617 bits per heavy atom. The number of para-hydroxylation sites is 2. The number of hydrogen-bond acceptors (Lipinski definition) is 5. The van der Waals surface area contributed by atoms with E-state index in [1.54, 1.807) is 7.11 Å². The highest BCUT2D eigenvalue weighted by molar-refractivity contribution is 5.82. The van der Waals surface area contributed by atoms with Crippen LogP contribution in [0.1, 0.15) is 93.6 Å². The highest BCUT2D eigenvalue weighted by Crippen LogP contribution is 2.34. The summed E-state index contributed by atoms with van der Waals surface area (Å²) in [6.07, 6.45) is 14.4. The van der Waals surface area contributed by atoms with Crippen LogP contribution in [0.15, 0.2) is 103 Å². The molecule has 0 saturated carbocycles. The van der Waals surface area contributed by atoms with Crippen LogP contribution in [0.2, 0.25) is 0 Å². The molecule has 0 heterocycles. The molecule has 0 saturated heterocycles. The van der Waals surface area contributed by atoms with Crippen LogP contribution >= 0.6 is 0 Å². The molecule has 248 valence electrons. The quantitative estimate of drug-likeness (QED) is 0.0658. The highest BCUT2D eigenvalue weighted by Gasteiger charge is 2.11. The first-order chi connectivity index (χ1) is 22.8. The van der Waals surface area contributed by atoms with Gasteiger partial charge in [-0.3, -0.25) is 4.79 Å². The van der Waals surface area contributed by atoms with Crippen LogP contribution in [0, 0.1) is 0 Å². The Balaban J connectivity index is 0.000000913. The van der Waals surface area contributed by atoms with Crippen molar-refractivity contribution in [2.45, 2.75) is 77.7 Å². The summed E-state index contributed by atoms with van der Waals surface area (Å²) in [5.41, 5.74) is 5.99. The van der Waals surface area contributed by atoms with E-state index in [-0.39, 0.29) is 5.60 Å². The van der Waals surface area contributed by atoms with Gasteiger partial charge in [0.2, 0.25) is 0 Å². The molecule has 0 atom stereocenters. The van der Waals surface area contributed by atoms with Crippen molar-refractivity contribution in [1.82, 2.24) is 0 Å². The highest BCUT2D eigenvalue weighted by atomic mass is 16.5. The summed E-state index contributed by atoms with van der Waals surface area (Å²) < 4.78 is 10.9. The van der Waals surface area contributed by atoms with Crippen LogP contribution in [0.25, 0.3) is 12.2 Å². The first kappa shape index (κ1) is 37.0. The standard InChI is InChI=1S/C37H39NO3.C5H12O/c39-27-13-5-3-1-2-4-6-14-28-41-37-29-32(21-24-33(37)30-40)20-19-31-22-25-36(26-23-31)38(34-15-9-7-10-16-34)35-17-11-8-12-18-35;1-5(2,3)6-4/h7-12,15-27,29-30H,1-6,13-14,28H2;1-4H3/b20-19+;. The molecular weight excluding hydrogens is 582 g/mol. The molecule has 0 bridgehead atoms. The Kier molecular flexibility index (Phi) is 16.2. The van der Waals surface area contributed by atoms with Crippen molar-refractivity contribution in [2.24, 2.45) is 0 Å². The molecule has 0 aromatic heterocycles. The van der Waals surface area contributed by atoms with E-state index in [9.17, 15) is 9.59 Å². The third-order valence-electron chi connectivity index (χ3n) is 7.65. The van der Waals surface area contributed by atoms with Crippen molar-refractivity contribution in [3.05, 3.63) is 120 Å². The van der Waals surface area contributed by atoms with Crippen molar-refractivity contribution < 1.29 is 19.1 Å². The summed E-state index contributed by atoms with van der Waals surface area (Å²) in [4.78, 5) is 24.2. The van der Waals surface area contributed by atoms with Gasteiger partial charge in [-0.2, -0.15) is 0 Å². The third kappa shape index (κ3) is 13.8. The molecule has 4 rings (SSSR count). The number of unbranched alkanes of at least 4 members (excludes halogenated alkanes) is 7. The number of benzene rings is 4. The van der Waals surface area contributed by atoms with Crippen LogP contribution in [0.4, 0.5) is 17.1 Å². The van der Waals surface area contributed by atoms with E-state index in [0.29, 0.717) is 24.3 Å². The number of anilines is 3. The lowest BCUT2D eigenvalue weighted by Crippen LogP contribution is -2.15. The van der Waals surface area contributed by atoms with Gasteiger partial charge < -0.3 is 19.2 Å². The van der Waals surface area contributed by atoms with E-state index in [4.69, 9.17) is 9.47 Å². The Morgan fingerprint density at radius 2 is 1.11 bits per heavy atom. The largest absolute Gasteiger partial charge is 0.493 e. The number of carbonyl (C=O) groups is 2. The van der Waals surface area contributed by atoms with E-state index in [1.807, 2.05) is 57.2 Å². The number of nitrogens with zero attached hydrogens (tertiary/aromatic N) is 1. The van der Waals surface area contributed by atoms with E-state index < -0.39 is 0 Å². The zero-order valence-corrected chi connectivity index (χ0v) is 28.6. The lowest BCUT2D eigenvalue weighted by Gasteiger charge is -2.25. The fourth-order valence-corrected chi connectivity index (χ4v) is 4.80. The average Bonchev–Trinajstić information content (AvgIpc) is 3.10. The molecule has 0 unspecified atom stereocenters. The van der Waals surface area contributed by atoms with Gasteiger partial charge in [-0.15, -0.1) is 0 Å². The summed E-state index contributed by atoms with van der Waals surface area (Å²) in [7, 11) is 1.71. The maximum Gasteiger partial charge on any atom is 0.153 e. The summed E-state index contributed by atoms with van der Waals surface area (Å²) in [5, 5.41) is 0. The minimum absolute atomic E-state index is 0.0417. The maximum absolute atomic E-state index is 11.6. The number of hydrogen-bond donors (Lipinski definition) is 0. The molecule has 0 spiro atoms. The Labute approximate surface area is 282 Å². The van der Waals surface area contributed by atoms with E-state index in [0.717, 1.165) is 66.4 Å². The van der Waals surface area contributed by atoms with Gasteiger partial charge >= 0.3 is 0 Å². The summed E-state index contributed by atoms with van der Waals surface area (Å²) in [6, 6.07) is 34.9. The molecule has 0 radical (unpaired) electrons. The van der Waals surface area contributed by atoms with Crippen LogP contribution < -0.4 is 9.64 Å². The fourth-order valence-electron chi connectivity index (χ4n) is 4.80. The molecule has 4 aromatic rings. The molecule has 5 heteroatoms. The Morgan fingerprint density at radius 3 is 1.64 bits per heavy atom. The zero-order chi connectivity index (χ0) is 33.7. The average molecular weight is 634 g/mol. The van der Waals surface area contributed by atoms with Gasteiger partial charge in [0.15, 0.2) is 6.29 Å². The predicted molar refractivity (Wildman–Crippen MR) is 197 cm³/mol. The fraction of sp³-hybridized carbons (Fsp3) is 0.333. The molecule has 0 N–H and O–H groups in total. The molecule has 0 fully saturated rings. The van der Waals surface area contributed by atoms with Crippen molar-refractivity contribution in [3.63, 3.8) is 0 Å². The first-order valence-electron chi connectivity index (χ1n) is 16.7. The van der Waals surface area contributed by atoms with E-state index in [2.05, 4.69) is 83.8 Å². The lowest BCUT2D eigenvalue weighted by molar-refractivity contribution is -0.107. The van der Waals surface area contributed by atoms with Gasteiger partial charge in [-0.1, -0.05) is 98.9 Å². The molecule has 0 amide bonds. The predicted octanol–water partition coefficient (Wildman–Crippen LogP) is 11.3. The molecule has 47 heavy (non-hydrogen) atoms. The molecule has 0 aliphatic rings. The summed E-state index contributed by atoms with van der Waals surface area (Å²) in [6.45, 7) is 6.66. The van der Waals surface area contributed by atoms with Crippen molar-refractivity contribution >= 4 is 41.8 Å². The summed E-state index contributed by atoms with van der Waals surface area (Å²) in [5.74, 6) is 0.632. The second kappa shape index (κ2) is 20.6. The normalized spacial score (nSPS) is 11.1. The molecular formula is C42H51NO4. The second-order valence-electron chi connectivity index (χ2n) is 12.4. The minimum atomic E-state index is 0.0417. The number of aldehydes is 2. The van der Waals surface area contributed by atoms with Gasteiger partial charge in [0.05, 0.1) is 17.8 Å². The number of methoxy groups -OCH3 is 1. The van der Waals surface area contributed by atoms with E-state index >= 15 is 0 Å². The van der Waals surface area contributed by atoms with E-state index in [1.165, 1.54) is 19.3 Å². The van der Waals surface area contributed by atoms with Crippen LogP contribution in [-0.4, -0.2) is 31.9 Å². The minimum Gasteiger partial charge on any atom is -0.493 e. The lowest BCUT2D eigenvalue weighted by atomic mass is 10.1. The van der Waals surface area contributed by atoms with Crippen LogP contribution in [0.5, 0.6) is 5.75 Å². The molecule has 5 nitrogen and oxygen atoms in total. The zero-order valence-electron chi connectivity index (χ0n) is 28.6. The maximum atomic E-state index is 11.6. The van der Waals surface area contributed by atoms with Crippen molar-refractivity contribution in [1.29, 1.82) is 0 Å². The van der Waals surface area contributed by atoms with Crippen LogP contribution in [0.3, 0.4) is 0 Å². The van der Waals surface area contributed by atoms with Gasteiger partial charge in [0.1, 0.15) is 12.0 Å². The van der Waals surface area contributed by atoms with Gasteiger partial charge in [0.25, 0.3) is 0 Å². The van der Waals surface area contributed by atoms with Crippen molar-refractivity contribution in [2.75, 3.05) is 18.6 Å². The first-order valence-corrected chi connectivity index (χ1v) is 16.7. The molecule has 0 aliphatic carbocycles. The van der Waals surface area contributed by atoms with Crippen LogP contribution in [-0.2, 0) is 9.53 Å². The second-order valence-corrected chi connectivity index (χ2v) is 12.4. The van der Waals surface area contributed by atoms with Crippen molar-refractivity contribution in [3.8, 4) is 5.75 Å². The Bertz CT molecular complexity index is 1440. The number of ether oxygens (including phenoxy) is 2. The third-order valence-corrected chi connectivity index (χ3v) is 7.65.